The van der Waals surface area contributed by atoms with Gasteiger partial charge in [0.05, 0.1) is 19.8 Å². The van der Waals surface area contributed by atoms with Gasteiger partial charge in [0.2, 0.25) is 0 Å². The molecule has 2 fully saturated rings. The van der Waals surface area contributed by atoms with E-state index in [4.69, 9.17) is 9.47 Å². The Bertz CT molecular complexity index is 1120. The highest BCUT2D eigenvalue weighted by Crippen LogP contribution is 2.46. The van der Waals surface area contributed by atoms with Gasteiger partial charge in [0.15, 0.2) is 0 Å². The van der Waals surface area contributed by atoms with Crippen molar-refractivity contribution in [1.29, 1.82) is 0 Å². The number of hydrogen-bond acceptors (Lipinski definition) is 7. The molecular weight excluding hydrogens is 476 g/mol. The predicted octanol–water partition coefficient (Wildman–Crippen LogP) is 4.99. The first-order valence-electron chi connectivity index (χ1n) is 14.0. The Morgan fingerprint density at radius 3 is 2.55 bits per heavy atom. The Morgan fingerprint density at radius 1 is 1.24 bits per heavy atom. The summed E-state index contributed by atoms with van der Waals surface area (Å²) in [7, 11) is 5.74. The van der Waals surface area contributed by atoms with Crippen LogP contribution in [0, 0.1) is 11.3 Å². The molecule has 2 aromatic rings. The fourth-order valence-corrected chi connectivity index (χ4v) is 6.37. The fraction of sp³-hybridized carbons (Fsp3) is 0.613. The van der Waals surface area contributed by atoms with E-state index in [0.717, 1.165) is 22.7 Å². The number of hydrogen-bond donors (Lipinski definition) is 2. The second-order valence-electron chi connectivity index (χ2n) is 12.4. The van der Waals surface area contributed by atoms with E-state index >= 15 is 0 Å². The Morgan fingerprint density at radius 2 is 1.97 bits per heavy atom. The van der Waals surface area contributed by atoms with Crippen LogP contribution >= 0.6 is 0 Å². The number of esters is 1. The van der Waals surface area contributed by atoms with Crippen LogP contribution in [0.3, 0.4) is 0 Å². The van der Waals surface area contributed by atoms with E-state index in [1.807, 2.05) is 38.2 Å². The number of anilines is 1. The summed E-state index contributed by atoms with van der Waals surface area (Å²) in [6.07, 6.45) is 5.55. The minimum absolute atomic E-state index is 0.0138. The minimum Gasteiger partial charge on any atom is -0.496 e. The molecule has 1 aromatic heterocycles. The van der Waals surface area contributed by atoms with Crippen molar-refractivity contribution >= 4 is 11.8 Å². The predicted molar refractivity (Wildman–Crippen MR) is 153 cm³/mol. The highest BCUT2D eigenvalue weighted by molar-refractivity contribution is 5.77. The van der Waals surface area contributed by atoms with Gasteiger partial charge < -0.3 is 19.7 Å². The Balaban J connectivity index is 1.73. The van der Waals surface area contributed by atoms with Crippen molar-refractivity contribution in [3.05, 3.63) is 53.2 Å². The maximum absolute atomic E-state index is 13.3. The normalized spacial score (nSPS) is 24.5. The van der Waals surface area contributed by atoms with E-state index in [1.54, 1.807) is 7.11 Å². The average molecular weight is 523 g/mol. The van der Waals surface area contributed by atoms with Crippen LogP contribution in [0.2, 0.25) is 0 Å². The van der Waals surface area contributed by atoms with Crippen LogP contribution in [0.4, 0.5) is 5.82 Å². The summed E-state index contributed by atoms with van der Waals surface area (Å²) in [6.45, 7) is 11.8. The number of nitrogens with one attached hydrogen (secondary N) is 2. The molecule has 1 aliphatic heterocycles. The number of nitrogens with zero attached hydrogens (tertiary/aromatic N) is 2. The maximum atomic E-state index is 13.3. The number of methoxy groups -OCH3 is 1. The molecular formula is C31H46N4O3. The molecule has 1 saturated heterocycles. The molecule has 1 aromatic carbocycles. The molecule has 0 radical (unpaired) electrons. The second kappa shape index (κ2) is 11.2. The third kappa shape index (κ3) is 5.55. The summed E-state index contributed by atoms with van der Waals surface area (Å²) in [5, 5.41) is 7.57. The van der Waals surface area contributed by atoms with Crippen molar-refractivity contribution < 1.29 is 14.3 Å². The number of pyridine rings is 1. The van der Waals surface area contributed by atoms with Gasteiger partial charge in [0.1, 0.15) is 17.6 Å². The van der Waals surface area contributed by atoms with E-state index in [-0.39, 0.29) is 34.8 Å². The molecule has 4 rings (SSSR count). The van der Waals surface area contributed by atoms with Crippen molar-refractivity contribution in [3.63, 3.8) is 0 Å². The van der Waals surface area contributed by atoms with E-state index in [2.05, 4.69) is 67.6 Å². The molecule has 0 amide bonds. The van der Waals surface area contributed by atoms with E-state index < -0.39 is 6.04 Å². The molecule has 2 N–H and O–H groups in total. The smallest absolute Gasteiger partial charge is 0.323 e. The molecule has 7 heteroatoms. The number of carbonyl (C=O) groups excluding carboxylic acids is 1. The molecule has 0 spiro atoms. The summed E-state index contributed by atoms with van der Waals surface area (Å²) in [5.74, 6) is 1.57. The molecule has 2 heterocycles. The molecule has 0 unspecified atom stereocenters. The molecule has 2 aliphatic rings. The lowest BCUT2D eigenvalue weighted by molar-refractivity contribution is -0.147. The average Bonchev–Trinajstić information content (AvgIpc) is 3.26. The lowest BCUT2D eigenvalue weighted by atomic mass is 9.66. The quantitative estimate of drug-likeness (QED) is 0.449. The van der Waals surface area contributed by atoms with Gasteiger partial charge in [0.25, 0.3) is 0 Å². The summed E-state index contributed by atoms with van der Waals surface area (Å²) >= 11 is 0. The first-order chi connectivity index (χ1) is 18.0. The highest BCUT2D eigenvalue weighted by Gasteiger charge is 2.52. The van der Waals surface area contributed by atoms with E-state index in [1.165, 1.54) is 24.8 Å². The van der Waals surface area contributed by atoms with Gasteiger partial charge in [-0.15, -0.1) is 0 Å². The van der Waals surface area contributed by atoms with Crippen molar-refractivity contribution in [1.82, 2.24) is 15.6 Å². The monoisotopic (exact) mass is 522 g/mol. The number of aromatic nitrogens is 1. The van der Waals surface area contributed by atoms with Crippen LogP contribution in [-0.2, 0) is 21.5 Å². The van der Waals surface area contributed by atoms with Crippen LogP contribution in [0.5, 0.6) is 5.75 Å². The van der Waals surface area contributed by atoms with Crippen LogP contribution in [0.1, 0.15) is 76.6 Å². The largest absolute Gasteiger partial charge is 0.496 e. The van der Waals surface area contributed by atoms with Crippen molar-refractivity contribution in [2.45, 2.75) is 84.0 Å². The van der Waals surface area contributed by atoms with Gasteiger partial charge in [0, 0.05) is 49.9 Å². The minimum atomic E-state index is -0.435. The van der Waals surface area contributed by atoms with Gasteiger partial charge in [-0.2, -0.15) is 0 Å². The second-order valence-corrected chi connectivity index (χ2v) is 12.4. The Labute approximate surface area is 228 Å². The Kier molecular flexibility index (Phi) is 8.38. The lowest BCUT2D eigenvalue weighted by Gasteiger charge is -2.39. The van der Waals surface area contributed by atoms with Crippen molar-refractivity contribution in [2.75, 3.05) is 32.7 Å². The van der Waals surface area contributed by atoms with E-state index in [0.29, 0.717) is 13.2 Å². The lowest BCUT2D eigenvalue weighted by Crippen LogP contribution is -2.47. The first-order valence-corrected chi connectivity index (χ1v) is 14.0. The third-order valence-corrected chi connectivity index (χ3v) is 8.54. The zero-order chi connectivity index (χ0) is 27.7. The summed E-state index contributed by atoms with van der Waals surface area (Å²) in [6, 6.07) is 10.1. The summed E-state index contributed by atoms with van der Waals surface area (Å²) in [5.41, 5.74) is 3.67. The fourth-order valence-electron chi connectivity index (χ4n) is 6.37. The van der Waals surface area contributed by atoms with Crippen molar-refractivity contribution in [3.8, 4) is 5.75 Å². The molecule has 38 heavy (non-hydrogen) atoms. The number of carbonyl (C=O) groups is 1. The highest BCUT2D eigenvalue weighted by atomic mass is 16.5. The zero-order valence-corrected chi connectivity index (χ0v) is 24.4. The third-order valence-electron chi connectivity index (χ3n) is 8.54. The standard InChI is InChI=1S/C31H46N4O3/c1-9-38-29(36)27-24(30(2,3)4)26(25(34-27)22-12-10-17-32-28(22)35(6)7)33-19-20-18-21(13-14-23(20)37-8)31(5)15-11-16-31/h10,12-14,17-18,24-27,33-34H,9,11,15-16,19H2,1-8H3/t24-,25-,26-,27-/m0/s1. The molecule has 4 atom stereocenters. The van der Waals surface area contributed by atoms with Gasteiger partial charge in [-0.1, -0.05) is 52.3 Å². The number of ether oxygens (including phenoxy) is 2. The molecule has 1 saturated carbocycles. The summed E-state index contributed by atoms with van der Waals surface area (Å²) in [4.78, 5) is 20.0. The van der Waals surface area contributed by atoms with Crippen LogP contribution in [0.15, 0.2) is 36.5 Å². The Hall–Kier alpha value is -2.64. The molecule has 208 valence electrons. The zero-order valence-electron chi connectivity index (χ0n) is 24.4. The molecule has 0 bridgehead atoms. The van der Waals surface area contributed by atoms with Gasteiger partial charge in [-0.25, -0.2) is 4.98 Å². The van der Waals surface area contributed by atoms with Crippen LogP contribution in [0.25, 0.3) is 0 Å². The topological polar surface area (TPSA) is 75.7 Å². The van der Waals surface area contributed by atoms with Gasteiger partial charge >= 0.3 is 5.97 Å². The number of benzene rings is 1. The van der Waals surface area contributed by atoms with Gasteiger partial charge in [-0.05, 0) is 48.3 Å². The number of rotatable bonds is 9. The summed E-state index contributed by atoms with van der Waals surface area (Å²) < 4.78 is 11.3. The van der Waals surface area contributed by atoms with E-state index in [9.17, 15) is 4.79 Å². The maximum Gasteiger partial charge on any atom is 0.323 e. The molecule has 1 aliphatic carbocycles. The van der Waals surface area contributed by atoms with Crippen LogP contribution < -0.4 is 20.3 Å². The first kappa shape index (κ1) is 28.4. The molecule has 7 nitrogen and oxygen atoms in total. The van der Waals surface area contributed by atoms with Gasteiger partial charge in [-0.3, -0.25) is 10.1 Å². The van der Waals surface area contributed by atoms with Crippen molar-refractivity contribution in [2.24, 2.45) is 11.3 Å². The SMILES string of the molecule is CCOC(=O)[C@H]1N[C@@H](c2cccnc2N(C)C)[C@@H](NCc2cc(C3(C)CCC3)ccc2OC)[C@@H]1C(C)(C)C. The van der Waals surface area contributed by atoms with Crippen LogP contribution in [-0.4, -0.2) is 50.8 Å².